The Morgan fingerprint density at radius 2 is 2.03 bits per heavy atom. The highest BCUT2D eigenvalue weighted by atomic mass is 32.1. The van der Waals surface area contributed by atoms with Gasteiger partial charge in [-0.1, -0.05) is 19.4 Å². The number of methoxy groups -OCH3 is 1. The lowest BCUT2D eigenvalue weighted by molar-refractivity contribution is -0.269. The van der Waals surface area contributed by atoms with Crippen molar-refractivity contribution in [3.63, 3.8) is 0 Å². The predicted octanol–water partition coefficient (Wildman–Crippen LogP) is 7.49. The summed E-state index contributed by atoms with van der Waals surface area (Å²) in [5.74, 6) is 1.02. The highest BCUT2D eigenvalue weighted by Gasteiger charge is 2.53. The molecule has 35 heavy (non-hydrogen) atoms. The quantitative estimate of drug-likeness (QED) is 0.424. The van der Waals surface area contributed by atoms with Gasteiger partial charge in [0.05, 0.1) is 11.3 Å². The lowest BCUT2D eigenvalue weighted by atomic mass is 9.77. The Kier molecular flexibility index (Phi) is 7.47. The third-order valence-corrected chi connectivity index (χ3v) is 7.88. The summed E-state index contributed by atoms with van der Waals surface area (Å²) < 4.78 is 52.9. The van der Waals surface area contributed by atoms with Gasteiger partial charge in [0.25, 0.3) is 0 Å². The van der Waals surface area contributed by atoms with Gasteiger partial charge in [0.2, 0.25) is 0 Å². The summed E-state index contributed by atoms with van der Waals surface area (Å²) in [6.07, 6.45) is 5.83. The van der Waals surface area contributed by atoms with Crippen molar-refractivity contribution in [2.75, 3.05) is 13.7 Å². The van der Waals surface area contributed by atoms with Crippen LogP contribution >= 0.6 is 11.3 Å². The van der Waals surface area contributed by atoms with Gasteiger partial charge in [-0.05, 0) is 62.3 Å². The maximum absolute atomic E-state index is 14.0. The number of halogens is 3. The van der Waals surface area contributed by atoms with Gasteiger partial charge in [0.1, 0.15) is 17.3 Å². The summed E-state index contributed by atoms with van der Waals surface area (Å²) in [7, 11) is 1.05. The summed E-state index contributed by atoms with van der Waals surface area (Å²) >= 11 is 1.32. The molecule has 1 fully saturated rings. The van der Waals surface area contributed by atoms with Crippen LogP contribution in [0, 0.1) is 17.2 Å². The number of nitrogens with zero attached hydrogens (tertiary/aromatic N) is 2. The number of aromatic nitrogens is 1. The summed E-state index contributed by atoms with van der Waals surface area (Å²) in [4.78, 5) is 8.92. The molecule has 3 atom stereocenters. The van der Waals surface area contributed by atoms with Crippen LogP contribution in [0.15, 0.2) is 40.9 Å². The maximum Gasteiger partial charge on any atom is 0.421 e. The van der Waals surface area contributed by atoms with Crippen molar-refractivity contribution >= 4 is 28.4 Å². The van der Waals surface area contributed by atoms with Gasteiger partial charge in [-0.25, -0.2) is 9.98 Å². The second-order valence-electron chi connectivity index (χ2n) is 9.16. The van der Waals surface area contributed by atoms with Crippen LogP contribution < -0.4 is 4.74 Å². The number of thiazole rings is 1. The van der Waals surface area contributed by atoms with E-state index in [1.165, 1.54) is 23.5 Å². The molecule has 4 rings (SSSR count). The molecule has 3 unspecified atom stereocenters. The molecule has 1 aliphatic carbocycles. The standard InChI is InChI=1S/C26H30F3N3O2S/c1-4-16-7-5-8-17(22(16)30)9-6-10-19-15-34-23-20(24-31-11-12-35-24)13-18(14-21(23)32-19)25(2,33-3)26(27,28)29/h6,10-14,16-17,30H,4-5,7-9,15H2,1-3H3/b10-6+,30-22?. The minimum absolute atomic E-state index is 0.0599. The molecule has 1 aromatic carbocycles. The molecule has 0 bridgehead atoms. The molecule has 0 amide bonds. The van der Waals surface area contributed by atoms with E-state index >= 15 is 0 Å². The second-order valence-corrected chi connectivity index (χ2v) is 10.1. The summed E-state index contributed by atoms with van der Waals surface area (Å²) in [6.45, 7) is 3.35. The van der Waals surface area contributed by atoms with Crippen LogP contribution in [-0.4, -0.2) is 36.3 Å². The highest BCUT2D eigenvalue weighted by Crippen LogP contribution is 2.48. The SMILES string of the molecule is CCC1CCCC(C/C=C/C2=Nc3cc(C(C)(OC)C(F)(F)F)cc(-c4nccs4)c3OC2)C1=N. The first-order valence-corrected chi connectivity index (χ1v) is 12.7. The van der Waals surface area contributed by atoms with Crippen molar-refractivity contribution in [3.8, 4) is 16.3 Å². The highest BCUT2D eigenvalue weighted by molar-refractivity contribution is 7.13. The Morgan fingerprint density at radius 1 is 1.26 bits per heavy atom. The molecule has 2 aromatic rings. The molecular formula is C26H30F3N3O2S. The molecule has 188 valence electrons. The number of allylic oxidation sites excluding steroid dienone is 1. The molecule has 0 saturated heterocycles. The van der Waals surface area contributed by atoms with E-state index in [-0.39, 0.29) is 18.1 Å². The maximum atomic E-state index is 14.0. The fraction of sp³-hybridized carbons (Fsp3) is 0.500. The van der Waals surface area contributed by atoms with E-state index in [0.717, 1.165) is 51.8 Å². The van der Waals surface area contributed by atoms with Gasteiger partial charge < -0.3 is 14.9 Å². The van der Waals surface area contributed by atoms with Crippen molar-refractivity contribution in [1.29, 1.82) is 5.41 Å². The van der Waals surface area contributed by atoms with Crippen LogP contribution in [0.2, 0.25) is 0 Å². The number of benzene rings is 1. The third-order valence-electron chi connectivity index (χ3n) is 7.07. The van der Waals surface area contributed by atoms with Gasteiger partial charge in [-0.2, -0.15) is 13.2 Å². The van der Waals surface area contributed by atoms with Crippen LogP contribution in [0.25, 0.3) is 10.6 Å². The average Bonchev–Trinajstić information content (AvgIpc) is 3.38. The second kappa shape index (κ2) is 10.2. The monoisotopic (exact) mass is 505 g/mol. The van der Waals surface area contributed by atoms with Gasteiger partial charge in [-0.15, -0.1) is 11.3 Å². The van der Waals surface area contributed by atoms with Gasteiger partial charge >= 0.3 is 6.18 Å². The molecular weight excluding hydrogens is 475 g/mol. The summed E-state index contributed by atoms with van der Waals surface area (Å²) in [6, 6.07) is 2.82. The predicted molar refractivity (Wildman–Crippen MR) is 133 cm³/mol. The number of hydrogen-bond donors (Lipinski definition) is 1. The molecule has 2 heterocycles. The minimum Gasteiger partial charge on any atom is -0.484 e. The fourth-order valence-electron chi connectivity index (χ4n) is 4.75. The molecule has 1 N–H and O–H groups in total. The Labute approximate surface area is 207 Å². The van der Waals surface area contributed by atoms with E-state index < -0.39 is 11.8 Å². The lowest BCUT2D eigenvalue weighted by Gasteiger charge is -2.32. The largest absolute Gasteiger partial charge is 0.484 e. The molecule has 5 nitrogen and oxygen atoms in total. The molecule has 1 aromatic heterocycles. The minimum atomic E-state index is -4.63. The van der Waals surface area contributed by atoms with E-state index in [2.05, 4.69) is 16.9 Å². The molecule has 0 radical (unpaired) electrons. The normalized spacial score (nSPS) is 22.5. The first-order valence-electron chi connectivity index (χ1n) is 11.8. The molecule has 1 saturated carbocycles. The van der Waals surface area contributed by atoms with Gasteiger partial charge in [-0.3, -0.25) is 0 Å². The molecule has 9 heteroatoms. The summed E-state index contributed by atoms with van der Waals surface area (Å²) in [5, 5.41) is 10.8. The topological polar surface area (TPSA) is 67.6 Å². The van der Waals surface area contributed by atoms with Crippen molar-refractivity contribution in [2.24, 2.45) is 16.8 Å². The summed E-state index contributed by atoms with van der Waals surface area (Å²) in [5.41, 5.74) is -0.320. The zero-order valence-corrected chi connectivity index (χ0v) is 20.9. The van der Waals surface area contributed by atoms with Crippen LogP contribution in [0.3, 0.4) is 0 Å². The number of nitrogens with one attached hydrogen (secondary N) is 1. The number of ether oxygens (including phenoxy) is 2. The average molecular weight is 506 g/mol. The molecule has 0 spiro atoms. The van der Waals surface area contributed by atoms with Crippen molar-refractivity contribution < 1.29 is 22.6 Å². The van der Waals surface area contributed by atoms with Crippen LogP contribution in [0.5, 0.6) is 5.75 Å². The Bertz CT molecular complexity index is 1130. The Morgan fingerprint density at radius 3 is 2.69 bits per heavy atom. The van der Waals surface area contributed by atoms with E-state index in [1.54, 1.807) is 11.6 Å². The smallest absolute Gasteiger partial charge is 0.421 e. The zero-order chi connectivity index (χ0) is 25.2. The number of alkyl halides is 3. The molecule has 1 aliphatic heterocycles. The van der Waals surface area contributed by atoms with Gasteiger partial charge in [0, 0.05) is 30.3 Å². The van der Waals surface area contributed by atoms with Crippen molar-refractivity contribution in [1.82, 2.24) is 4.98 Å². The number of hydrogen-bond acceptors (Lipinski definition) is 6. The van der Waals surface area contributed by atoms with Crippen LogP contribution in [0.4, 0.5) is 18.9 Å². The Hall–Kier alpha value is -2.52. The van der Waals surface area contributed by atoms with E-state index in [0.29, 0.717) is 33.6 Å². The Balaban J connectivity index is 1.66. The third kappa shape index (κ3) is 5.07. The van der Waals surface area contributed by atoms with Crippen LogP contribution in [-0.2, 0) is 10.3 Å². The zero-order valence-electron chi connectivity index (χ0n) is 20.1. The van der Waals surface area contributed by atoms with Gasteiger partial charge in [0.15, 0.2) is 11.4 Å². The van der Waals surface area contributed by atoms with E-state index in [1.807, 2.05) is 12.2 Å². The van der Waals surface area contributed by atoms with Crippen molar-refractivity contribution in [2.45, 2.75) is 57.7 Å². The molecule has 2 aliphatic rings. The fourth-order valence-corrected chi connectivity index (χ4v) is 5.40. The lowest BCUT2D eigenvalue weighted by Crippen LogP contribution is -2.41. The van der Waals surface area contributed by atoms with Crippen molar-refractivity contribution in [3.05, 3.63) is 41.4 Å². The number of aliphatic imine (C=N–C) groups is 1. The van der Waals surface area contributed by atoms with Crippen LogP contribution in [0.1, 0.15) is 51.5 Å². The number of fused-ring (bicyclic) bond motifs is 1. The first kappa shape index (κ1) is 25.6. The van der Waals surface area contributed by atoms with E-state index in [9.17, 15) is 13.2 Å². The first-order chi connectivity index (χ1) is 16.7. The number of rotatable bonds is 7. The van der Waals surface area contributed by atoms with E-state index in [4.69, 9.17) is 14.9 Å².